The SMILES string of the molecule is CN(N)C(=S)Nc1ccc2c(c1)OCCN2. The van der Waals surface area contributed by atoms with Gasteiger partial charge in [0, 0.05) is 25.3 Å². The molecule has 0 bridgehead atoms. The maximum absolute atomic E-state index is 5.52. The fourth-order valence-corrected chi connectivity index (χ4v) is 1.54. The number of hydrogen-bond acceptors (Lipinski definition) is 4. The monoisotopic (exact) mass is 238 g/mol. The molecule has 0 saturated heterocycles. The zero-order valence-electron chi connectivity index (χ0n) is 8.99. The fourth-order valence-electron chi connectivity index (χ4n) is 1.42. The van der Waals surface area contributed by atoms with Crippen molar-refractivity contribution in [2.45, 2.75) is 0 Å². The summed E-state index contributed by atoms with van der Waals surface area (Å²) in [6.07, 6.45) is 0. The molecule has 2 rings (SSSR count). The van der Waals surface area contributed by atoms with E-state index in [4.69, 9.17) is 22.8 Å². The zero-order valence-corrected chi connectivity index (χ0v) is 9.80. The van der Waals surface area contributed by atoms with Gasteiger partial charge in [-0.2, -0.15) is 0 Å². The average molecular weight is 238 g/mol. The molecule has 6 heteroatoms. The van der Waals surface area contributed by atoms with Crippen molar-refractivity contribution in [1.82, 2.24) is 5.01 Å². The van der Waals surface area contributed by atoms with Crippen LogP contribution in [-0.4, -0.2) is 30.3 Å². The van der Waals surface area contributed by atoms with Gasteiger partial charge in [-0.1, -0.05) is 0 Å². The number of anilines is 2. The van der Waals surface area contributed by atoms with Crippen LogP contribution < -0.4 is 21.2 Å². The molecule has 1 aromatic rings. The smallest absolute Gasteiger partial charge is 0.187 e. The molecule has 16 heavy (non-hydrogen) atoms. The van der Waals surface area contributed by atoms with Gasteiger partial charge in [0.25, 0.3) is 0 Å². The van der Waals surface area contributed by atoms with Crippen LogP contribution in [0.25, 0.3) is 0 Å². The summed E-state index contributed by atoms with van der Waals surface area (Å²) in [6.45, 7) is 1.52. The second-order valence-electron chi connectivity index (χ2n) is 3.53. The van der Waals surface area contributed by atoms with Gasteiger partial charge in [-0.25, -0.2) is 5.84 Å². The molecule has 4 N–H and O–H groups in total. The van der Waals surface area contributed by atoms with Crippen LogP contribution in [0.1, 0.15) is 0 Å². The van der Waals surface area contributed by atoms with Crippen LogP contribution >= 0.6 is 12.2 Å². The van der Waals surface area contributed by atoms with Crippen molar-refractivity contribution in [3.63, 3.8) is 0 Å². The molecule has 0 unspecified atom stereocenters. The van der Waals surface area contributed by atoms with Crippen molar-refractivity contribution in [1.29, 1.82) is 0 Å². The summed E-state index contributed by atoms with van der Waals surface area (Å²) < 4.78 is 5.52. The highest BCUT2D eigenvalue weighted by atomic mass is 32.1. The molecule has 1 aromatic carbocycles. The Morgan fingerprint density at radius 3 is 3.19 bits per heavy atom. The Kier molecular flexibility index (Phi) is 3.12. The van der Waals surface area contributed by atoms with Crippen LogP contribution in [0.5, 0.6) is 5.75 Å². The zero-order chi connectivity index (χ0) is 11.5. The second-order valence-corrected chi connectivity index (χ2v) is 3.91. The lowest BCUT2D eigenvalue weighted by Crippen LogP contribution is -2.36. The van der Waals surface area contributed by atoms with E-state index in [1.54, 1.807) is 7.05 Å². The Labute approximate surface area is 99.5 Å². The van der Waals surface area contributed by atoms with E-state index in [9.17, 15) is 0 Å². The number of rotatable bonds is 1. The van der Waals surface area contributed by atoms with Gasteiger partial charge in [0.05, 0.1) is 5.69 Å². The standard InChI is InChI=1S/C10H14N4OS/c1-14(11)10(16)13-7-2-3-8-9(6-7)15-5-4-12-8/h2-3,6,12H,4-5,11H2,1H3,(H,13,16). The molecule has 1 heterocycles. The van der Waals surface area contributed by atoms with Crippen LogP contribution in [0.2, 0.25) is 0 Å². The molecule has 86 valence electrons. The molecule has 0 spiro atoms. The van der Waals surface area contributed by atoms with Gasteiger partial charge in [0.2, 0.25) is 0 Å². The Hall–Kier alpha value is -1.53. The average Bonchev–Trinajstić information content (AvgIpc) is 2.28. The lowest BCUT2D eigenvalue weighted by atomic mass is 10.2. The van der Waals surface area contributed by atoms with E-state index in [-0.39, 0.29) is 0 Å². The minimum absolute atomic E-state index is 0.462. The molecule has 1 aliphatic rings. The number of fused-ring (bicyclic) bond motifs is 1. The molecule has 0 aromatic heterocycles. The van der Waals surface area contributed by atoms with Gasteiger partial charge in [-0.15, -0.1) is 0 Å². The summed E-state index contributed by atoms with van der Waals surface area (Å²) in [5.74, 6) is 6.34. The molecular formula is C10H14N4OS. The van der Waals surface area contributed by atoms with Gasteiger partial charge in [-0.05, 0) is 24.4 Å². The molecule has 0 saturated carbocycles. The first kappa shape index (κ1) is 11.0. The Morgan fingerprint density at radius 1 is 1.62 bits per heavy atom. The van der Waals surface area contributed by atoms with Crippen molar-refractivity contribution in [3.05, 3.63) is 18.2 Å². The van der Waals surface area contributed by atoms with Crippen molar-refractivity contribution >= 4 is 28.7 Å². The normalized spacial score (nSPS) is 13.1. The summed E-state index contributed by atoms with van der Waals surface area (Å²) in [7, 11) is 1.69. The van der Waals surface area contributed by atoms with Gasteiger partial charge < -0.3 is 15.4 Å². The maximum Gasteiger partial charge on any atom is 0.187 e. The first-order valence-corrected chi connectivity index (χ1v) is 5.38. The van der Waals surface area contributed by atoms with Crippen molar-refractivity contribution < 1.29 is 4.74 Å². The van der Waals surface area contributed by atoms with E-state index in [0.29, 0.717) is 11.7 Å². The molecule has 0 aliphatic carbocycles. The van der Waals surface area contributed by atoms with E-state index in [2.05, 4.69) is 10.6 Å². The Bertz CT molecular complexity index is 408. The molecular weight excluding hydrogens is 224 g/mol. The van der Waals surface area contributed by atoms with E-state index in [1.807, 2.05) is 18.2 Å². The van der Waals surface area contributed by atoms with Crippen molar-refractivity contribution in [2.75, 3.05) is 30.8 Å². The number of hydrogen-bond donors (Lipinski definition) is 3. The van der Waals surface area contributed by atoms with E-state index < -0.39 is 0 Å². The van der Waals surface area contributed by atoms with Crippen LogP contribution in [0.4, 0.5) is 11.4 Å². The van der Waals surface area contributed by atoms with E-state index in [0.717, 1.165) is 23.7 Å². The highest BCUT2D eigenvalue weighted by Crippen LogP contribution is 2.30. The molecule has 1 aliphatic heterocycles. The summed E-state index contributed by atoms with van der Waals surface area (Å²) in [5, 5.41) is 8.08. The van der Waals surface area contributed by atoms with Crippen LogP contribution in [-0.2, 0) is 0 Å². The number of nitrogens with two attached hydrogens (primary N) is 1. The molecule has 0 radical (unpaired) electrons. The molecule has 5 nitrogen and oxygen atoms in total. The summed E-state index contributed by atoms with van der Waals surface area (Å²) >= 11 is 5.05. The first-order chi connectivity index (χ1) is 7.66. The quantitative estimate of drug-likeness (QED) is 0.385. The number of nitrogens with zero attached hydrogens (tertiary/aromatic N) is 1. The number of nitrogens with one attached hydrogen (secondary N) is 2. The number of benzene rings is 1. The number of ether oxygens (including phenoxy) is 1. The van der Waals surface area contributed by atoms with Gasteiger partial charge in [0.15, 0.2) is 5.11 Å². The van der Waals surface area contributed by atoms with Gasteiger partial charge in [0.1, 0.15) is 12.4 Å². The van der Waals surface area contributed by atoms with Gasteiger partial charge in [-0.3, -0.25) is 5.01 Å². The van der Waals surface area contributed by atoms with Crippen molar-refractivity contribution in [2.24, 2.45) is 5.84 Å². The topological polar surface area (TPSA) is 62.5 Å². The third-order valence-corrected chi connectivity index (χ3v) is 2.62. The summed E-state index contributed by atoms with van der Waals surface area (Å²) in [6, 6.07) is 5.78. The van der Waals surface area contributed by atoms with Crippen LogP contribution in [0.15, 0.2) is 18.2 Å². The van der Waals surface area contributed by atoms with E-state index >= 15 is 0 Å². The van der Waals surface area contributed by atoms with Crippen molar-refractivity contribution in [3.8, 4) is 5.75 Å². The largest absolute Gasteiger partial charge is 0.490 e. The lowest BCUT2D eigenvalue weighted by Gasteiger charge is -2.21. The van der Waals surface area contributed by atoms with Gasteiger partial charge >= 0.3 is 0 Å². The minimum Gasteiger partial charge on any atom is -0.490 e. The van der Waals surface area contributed by atoms with E-state index in [1.165, 1.54) is 5.01 Å². The third kappa shape index (κ3) is 2.34. The number of hydrazine groups is 1. The lowest BCUT2D eigenvalue weighted by molar-refractivity contribution is 0.323. The third-order valence-electron chi connectivity index (χ3n) is 2.23. The Morgan fingerprint density at radius 2 is 2.44 bits per heavy atom. The predicted octanol–water partition coefficient (Wildman–Crippen LogP) is 0.993. The van der Waals surface area contributed by atoms with Crippen LogP contribution in [0, 0.1) is 0 Å². The van der Waals surface area contributed by atoms with Crippen LogP contribution in [0.3, 0.4) is 0 Å². The molecule has 0 fully saturated rings. The fraction of sp³-hybridized carbons (Fsp3) is 0.300. The number of thiocarbonyl (C=S) groups is 1. The molecule has 0 atom stereocenters. The highest BCUT2D eigenvalue weighted by Gasteiger charge is 2.10. The predicted molar refractivity (Wildman–Crippen MR) is 68.6 cm³/mol. The molecule has 0 amide bonds. The summed E-state index contributed by atoms with van der Waals surface area (Å²) in [4.78, 5) is 0. The Balaban J connectivity index is 2.14. The highest BCUT2D eigenvalue weighted by molar-refractivity contribution is 7.80. The minimum atomic E-state index is 0.462. The first-order valence-electron chi connectivity index (χ1n) is 4.97. The second kappa shape index (κ2) is 4.54. The summed E-state index contributed by atoms with van der Waals surface area (Å²) in [5.41, 5.74) is 1.87. The maximum atomic E-state index is 5.52.